The molecule has 0 bridgehead atoms. The van der Waals surface area contributed by atoms with Crippen molar-refractivity contribution in [2.24, 2.45) is 11.8 Å². The summed E-state index contributed by atoms with van der Waals surface area (Å²) in [4.78, 5) is 0. The molecule has 0 aliphatic carbocycles. The van der Waals surface area contributed by atoms with Gasteiger partial charge in [-0.25, -0.2) is 0 Å². The lowest BCUT2D eigenvalue weighted by Crippen LogP contribution is -2.24. The van der Waals surface area contributed by atoms with Crippen LogP contribution >= 0.6 is 31.9 Å². The minimum atomic E-state index is 0.672. The quantitative estimate of drug-likeness (QED) is 0.705. The second-order valence-electron chi connectivity index (χ2n) is 5.16. The van der Waals surface area contributed by atoms with E-state index < -0.39 is 0 Å². The van der Waals surface area contributed by atoms with Gasteiger partial charge in [-0.3, -0.25) is 0 Å². The molecule has 0 heterocycles. The molecule has 108 valence electrons. The second kappa shape index (κ2) is 8.28. The molecular weight excluding hydrogens is 370 g/mol. The Morgan fingerprint density at radius 2 is 1.89 bits per heavy atom. The molecule has 1 N–H and O–H groups in total. The summed E-state index contributed by atoms with van der Waals surface area (Å²) >= 11 is 7.09. The van der Waals surface area contributed by atoms with Gasteiger partial charge in [-0.2, -0.15) is 0 Å². The van der Waals surface area contributed by atoms with E-state index in [4.69, 9.17) is 4.74 Å². The zero-order valence-corrected chi connectivity index (χ0v) is 15.3. The molecule has 0 amide bonds. The van der Waals surface area contributed by atoms with E-state index >= 15 is 0 Å². The first-order chi connectivity index (χ1) is 8.95. The first-order valence-corrected chi connectivity index (χ1v) is 8.35. The lowest BCUT2D eigenvalue weighted by molar-refractivity contribution is 0.331. The summed E-state index contributed by atoms with van der Waals surface area (Å²) in [7, 11) is 0. The lowest BCUT2D eigenvalue weighted by Gasteiger charge is -2.18. The minimum Gasteiger partial charge on any atom is -0.492 e. The molecule has 19 heavy (non-hydrogen) atoms. The Morgan fingerprint density at radius 3 is 2.47 bits per heavy atom. The van der Waals surface area contributed by atoms with Crippen LogP contribution in [0.5, 0.6) is 5.75 Å². The Bertz CT molecular complexity index is 407. The van der Waals surface area contributed by atoms with Gasteiger partial charge in [-0.05, 0) is 53.4 Å². The fourth-order valence-electron chi connectivity index (χ4n) is 1.72. The largest absolute Gasteiger partial charge is 0.492 e. The highest BCUT2D eigenvalue weighted by Crippen LogP contribution is 2.33. The molecule has 0 saturated carbocycles. The van der Waals surface area contributed by atoms with Gasteiger partial charge in [0.2, 0.25) is 0 Å². The molecule has 4 heteroatoms. The summed E-state index contributed by atoms with van der Waals surface area (Å²) in [6.07, 6.45) is 0. The van der Waals surface area contributed by atoms with Gasteiger partial charge in [0.25, 0.3) is 0 Å². The molecule has 0 aliphatic heterocycles. The third kappa shape index (κ3) is 5.44. The third-order valence-corrected chi connectivity index (χ3v) is 4.34. The highest BCUT2D eigenvalue weighted by atomic mass is 79.9. The van der Waals surface area contributed by atoms with Gasteiger partial charge in [-0.1, -0.05) is 36.7 Å². The Morgan fingerprint density at radius 1 is 1.21 bits per heavy atom. The van der Waals surface area contributed by atoms with Crippen molar-refractivity contribution < 1.29 is 4.74 Å². The van der Waals surface area contributed by atoms with Crippen molar-refractivity contribution >= 4 is 31.9 Å². The minimum absolute atomic E-state index is 0.672. The molecule has 0 spiro atoms. The number of halogens is 2. The Labute approximate surface area is 133 Å². The van der Waals surface area contributed by atoms with Crippen LogP contribution < -0.4 is 10.1 Å². The SMILES string of the molecule is CCOc1c(Br)cc(Br)cc1CNCC(C)C(C)C. The predicted octanol–water partition coefficient (Wildman–Crippen LogP) is 4.99. The standard InChI is InChI=1S/C15H23Br2NO/c1-5-19-15-12(6-13(16)7-14(15)17)9-18-8-11(4)10(2)3/h6-7,10-11,18H,5,8-9H2,1-4H3. The molecule has 0 aromatic heterocycles. The van der Waals surface area contributed by atoms with Crippen molar-refractivity contribution in [3.63, 3.8) is 0 Å². The van der Waals surface area contributed by atoms with E-state index in [2.05, 4.69) is 64.0 Å². The first-order valence-electron chi connectivity index (χ1n) is 6.77. The van der Waals surface area contributed by atoms with Crippen molar-refractivity contribution in [3.05, 3.63) is 26.6 Å². The molecule has 1 rings (SSSR count). The number of benzene rings is 1. The van der Waals surface area contributed by atoms with Gasteiger partial charge in [0.05, 0.1) is 11.1 Å². The van der Waals surface area contributed by atoms with Gasteiger partial charge in [0.15, 0.2) is 0 Å². The zero-order valence-electron chi connectivity index (χ0n) is 12.1. The summed E-state index contributed by atoms with van der Waals surface area (Å²) in [5.41, 5.74) is 1.18. The molecular formula is C15H23Br2NO. The van der Waals surface area contributed by atoms with E-state index in [0.29, 0.717) is 18.4 Å². The van der Waals surface area contributed by atoms with Gasteiger partial charge in [-0.15, -0.1) is 0 Å². The predicted molar refractivity (Wildman–Crippen MR) is 88.7 cm³/mol. The summed E-state index contributed by atoms with van der Waals surface area (Å²) in [5, 5.41) is 3.51. The van der Waals surface area contributed by atoms with Crippen molar-refractivity contribution in [1.29, 1.82) is 0 Å². The van der Waals surface area contributed by atoms with Crippen LogP contribution in [0.4, 0.5) is 0 Å². The Hall–Kier alpha value is -0.0600. The van der Waals surface area contributed by atoms with Crippen LogP contribution in [0.15, 0.2) is 21.1 Å². The maximum atomic E-state index is 5.72. The Kier molecular flexibility index (Phi) is 7.40. The highest BCUT2D eigenvalue weighted by molar-refractivity contribution is 9.11. The molecule has 1 unspecified atom stereocenters. The van der Waals surface area contributed by atoms with E-state index in [9.17, 15) is 0 Å². The van der Waals surface area contributed by atoms with Crippen LogP contribution in [-0.4, -0.2) is 13.2 Å². The molecule has 0 aliphatic rings. The lowest BCUT2D eigenvalue weighted by atomic mass is 9.98. The molecule has 2 nitrogen and oxygen atoms in total. The van der Waals surface area contributed by atoms with Crippen LogP contribution in [0.25, 0.3) is 0 Å². The first kappa shape index (κ1) is 17.0. The van der Waals surface area contributed by atoms with Crippen LogP contribution in [0.1, 0.15) is 33.3 Å². The van der Waals surface area contributed by atoms with Crippen molar-refractivity contribution in [3.8, 4) is 5.75 Å². The number of hydrogen-bond acceptors (Lipinski definition) is 2. The Balaban J connectivity index is 2.71. The van der Waals surface area contributed by atoms with Crippen LogP contribution in [0.3, 0.4) is 0 Å². The van der Waals surface area contributed by atoms with Gasteiger partial charge in [0, 0.05) is 16.6 Å². The molecule has 1 aromatic carbocycles. The second-order valence-corrected chi connectivity index (χ2v) is 6.93. The normalized spacial score (nSPS) is 12.8. The topological polar surface area (TPSA) is 21.3 Å². The van der Waals surface area contributed by atoms with Crippen LogP contribution in [0.2, 0.25) is 0 Å². The van der Waals surface area contributed by atoms with E-state index in [1.807, 2.05) is 13.0 Å². The van der Waals surface area contributed by atoms with Crippen molar-refractivity contribution in [1.82, 2.24) is 5.32 Å². The smallest absolute Gasteiger partial charge is 0.138 e. The maximum absolute atomic E-state index is 5.72. The van der Waals surface area contributed by atoms with Crippen molar-refractivity contribution in [2.75, 3.05) is 13.2 Å². The van der Waals surface area contributed by atoms with Crippen molar-refractivity contribution in [2.45, 2.75) is 34.2 Å². The number of rotatable bonds is 7. The monoisotopic (exact) mass is 391 g/mol. The average Bonchev–Trinajstić information content (AvgIpc) is 2.33. The summed E-state index contributed by atoms with van der Waals surface area (Å²) in [6, 6.07) is 4.13. The molecule has 1 atom stereocenters. The summed E-state index contributed by atoms with van der Waals surface area (Å²) < 4.78 is 7.78. The average molecular weight is 393 g/mol. The molecule has 0 fully saturated rings. The van der Waals surface area contributed by atoms with Crippen LogP contribution in [0, 0.1) is 11.8 Å². The fourth-order valence-corrected chi connectivity index (χ4v) is 3.15. The van der Waals surface area contributed by atoms with E-state index in [1.165, 1.54) is 5.56 Å². The zero-order chi connectivity index (χ0) is 14.4. The number of nitrogens with one attached hydrogen (secondary N) is 1. The fraction of sp³-hybridized carbons (Fsp3) is 0.600. The number of hydrogen-bond donors (Lipinski definition) is 1. The van der Waals surface area contributed by atoms with Gasteiger partial charge in [0.1, 0.15) is 5.75 Å². The molecule has 1 aromatic rings. The van der Waals surface area contributed by atoms with E-state index in [0.717, 1.165) is 27.8 Å². The molecule has 0 saturated heterocycles. The summed E-state index contributed by atoms with van der Waals surface area (Å²) in [5.74, 6) is 2.31. The molecule has 0 radical (unpaired) electrons. The van der Waals surface area contributed by atoms with E-state index in [-0.39, 0.29) is 0 Å². The van der Waals surface area contributed by atoms with Gasteiger partial charge < -0.3 is 10.1 Å². The highest BCUT2D eigenvalue weighted by Gasteiger charge is 2.11. The third-order valence-electron chi connectivity index (χ3n) is 3.29. The maximum Gasteiger partial charge on any atom is 0.138 e. The van der Waals surface area contributed by atoms with E-state index in [1.54, 1.807) is 0 Å². The number of ether oxygens (including phenoxy) is 1. The van der Waals surface area contributed by atoms with Crippen LogP contribution in [-0.2, 0) is 6.54 Å². The van der Waals surface area contributed by atoms with Gasteiger partial charge >= 0.3 is 0 Å². The summed E-state index contributed by atoms with van der Waals surface area (Å²) in [6.45, 7) is 11.3.